The first-order chi connectivity index (χ1) is 7.84. The minimum Gasteiger partial charge on any atom is -0.463 e. The molecule has 2 nitrogen and oxygen atoms in total. The number of hydrogen-bond acceptors (Lipinski definition) is 2. The fraction of sp³-hybridized carbons (Fsp3) is 0.214. The molecule has 0 fully saturated rings. The zero-order valence-electron chi connectivity index (χ0n) is 9.34. The van der Waals surface area contributed by atoms with Gasteiger partial charge in [-0.3, -0.25) is 4.99 Å². The molecule has 0 saturated carbocycles. The van der Waals surface area contributed by atoms with E-state index in [4.69, 9.17) is 4.42 Å². The van der Waals surface area contributed by atoms with E-state index < -0.39 is 0 Å². The van der Waals surface area contributed by atoms with E-state index in [1.54, 1.807) is 12.5 Å². The van der Waals surface area contributed by atoms with Crippen LogP contribution in [0.1, 0.15) is 18.2 Å². The van der Waals surface area contributed by atoms with E-state index in [1.807, 2.05) is 18.2 Å². The molecule has 82 valence electrons. The quantitative estimate of drug-likeness (QED) is 0.715. The van der Waals surface area contributed by atoms with Crippen LogP contribution in [0.4, 0.5) is 0 Å². The van der Waals surface area contributed by atoms with Crippen molar-refractivity contribution in [3.05, 3.63) is 60.1 Å². The number of rotatable bonds is 4. The van der Waals surface area contributed by atoms with Crippen LogP contribution in [0.15, 0.2) is 58.1 Å². The second-order valence-corrected chi connectivity index (χ2v) is 3.83. The first kappa shape index (κ1) is 10.7. The molecular formula is C14H15NO. The van der Waals surface area contributed by atoms with Gasteiger partial charge in [0, 0.05) is 0 Å². The molecule has 0 aliphatic carbocycles. The summed E-state index contributed by atoms with van der Waals surface area (Å²) >= 11 is 0. The van der Waals surface area contributed by atoms with Gasteiger partial charge in [-0.2, -0.15) is 0 Å². The van der Waals surface area contributed by atoms with E-state index in [0.29, 0.717) is 0 Å². The molecule has 0 spiro atoms. The normalized spacial score (nSPS) is 13.1. The zero-order valence-corrected chi connectivity index (χ0v) is 9.34. The topological polar surface area (TPSA) is 25.5 Å². The first-order valence-corrected chi connectivity index (χ1v) is 5.45. The molecule has 0 N–H and O–H groups in total. The van der Waals surface area contributed by atoms with Crippen molar-refractivity contribution in [2.75, 3.05) is 0 Å². The maximum Gasteiger partial charge on any atom is 0.144 e. The van der Waals surface area contributed by atoms with Crippen molar-refractivity contribution in [2.45, 2.75) is 19.4 Å². The van der Waals surface area contributed by atoms with Crippen LogP contribution < -0.4 is 0 Å². The Balaban J connectivity index is 1.92. The minimum atomic E-state index is 0.271. The third kappa shape index (κ3) is 3.09. The van der Waals surface area contributed by atoms with E-state index in [0.717, 1.165) is 12.2 Å². The lowest BCUT2D eigenvalue weighted by Crippen LogP contribution is -2.03. The highest BCUT2D eigenvalue weighted by Crippen LogP contribution is 2.05. The van der Waals surface area contributed by atoms with Crippen LogP contribution in [0.3, 0.4) is 0 Å². The number of nitrogens with zero attached hydrogens (tertiary/aromatic N) is 1. The second kappa shape index (κ2) is 5.31. The van der Waals surface area contributed by atoms with Gasteiger partial charge in [0.2, 0.25) is 0 Å². The molecule has 0 aliphatic rings. The molecule has 2 aromatic rings. The van der Waals surface area contributed by atoms with Crippen LogP contribution in [-0.4, -0.2) is 12.3 Å². The minimum absolute atomic E-state index is 0.271. The van der Waals surface area contributed by atoms with Crippen LogP contribution in [0.25, 0.3) is 0 Å². The Morgan fingerprint density at radius 1 is 1.19 bits per heavy atom. The maximum atomic E-state index is 5.18. The Kier molecular flexibility index (Phi) is 3.54. The van der Waals surface area contributed by atoms with Gasteiger partial charge in [0.1, 0.15) is 5.76 Å². The fourth-order valence-corrected chi connectivity index (χ4v) is 1.57. The molecule has 2 rings (SSSR count). The average molecular weight is 213 g/mol. The molecule has 0 saturated heterocycles. The summed E-state index contributed by atoms with van der Waals surface area (Å²) in [5, 5.41) is 0. The lowest BCUT2D eigenvalue weighted by atomic mass is 10.1. The number of benzene rings is 1. The van der Waals surface area contributed by atoms with Crippen molar-refractivity contribution in [1.29, 1.82) is 0 Å². The molecule has 1 aromatic carbocycles. The molecular weight excluding hydrogens is 198 g/mol. The highest BCUT2D eigenvalue weighted by molar-refractivity contribution is 5.75. The van der Waals surface area contributed by atoms with Crippen molar-refractivity contribution in [1.82, 2.24) is 0 Å². The molecule has 0 aliphatic heterocycles. The van der Waals surface area contributed by atoms with Crippen molar-refractivity contribution in [3.63, 3.8) is 0 Å². The van der Waals surface area contributed by atoms with Gasteiger partial charge in [-0.05, 0) is 31.0 Å². The molecule has 0 radical (unpaired) electrons. The number of aliphatic imine (C=N–C) groups is 1. The lowest BCUT2D eigenvalue weighted by molar-refractivity contribution is 0.559. The largest absolute Gasteiger partial charge is 0.463 e. The van der Waals surface area contributed by atoms with Crippen LogP contribution in [0.5, 0.6) is 0 Å². The monoisotopic (exact) mass is 213 g/mol. The van der Waals surface area contributed by atoms with Gasteiger partial charge in [-0.1, -0.05) is 30.3 Å². The Bertz CT molecular complexity index is 431. The molecule has 1 atom stereocenters. The van der Waals surface area contributed by atoms with Gasteiger partial charge < -0.3 is 4.42 Å². The summed E-state index contributed by atoms with van der Waals surface area (Å²) in [5.41, 5.74) is 1.31. The predicted molar refractivity (Wildman–Crippen MR) is 65.9 cm³/mol. The average Bonchev–Trinajstić information content (AvgIpc) is 2.81. The summed E-state index contributed by atoms with van der Waals surface area (Å²) < 4.78 is 5.18. The molecule has 0 bridgehead atoms. The van der Waals surface area contributed by atoms with Gasteiger partial charge >= 0.3 is 0 Å². The van der Waals surface area contributed by atoms with Crippen molar-refractivity contribution < 1.29 is 4.42 Å². The predicted octanol–water partition coefficient (Wildman–Crippen LogP) is 3.33. The third-order valence-electron chi connectivity index (χ3n) is 2.37. The molecule has 1 heterocycles. The number of hydrogen-bond donors (Lipinski definition) is 0. The molecule has 1 aromatic heterocycles. The Morgan fingerprint density at radius 3 is 2.69 bits per heavy atom. The maximum absolute atomic E-state index is 5.18. The summed E-state index contributed by atoms with van der Waals surface area (Å²) in [4.78, 5) is 4.44. The second-order valence-electron chi connectivity index (χ2n) is 3.83. The smallest absolute Gasteiger partial charge is 0.144 e. The summed E-state index contributed by atoms with van der Waals surface area (Å²) in [6, 6.07) is 14.4. The lowest BCUT2D eigenvalue weighted by Gasteiger charge is -2.05. The highest BCUT2D eigenvalue weighted by Gasteiger charge is 2.00. The van der Waals surface area contributed by atoms with Crippen molar-refractivity contribution in [3.8, 4) is 0 Å². The van der Waals surface area contributed by atoms with Gasteiger partial charge in [-0.15, -0.1) is 0 Å². The highest BCUT2D eigenvalue weighted by atomic mass is 16.3. The van der Waals surface area contributed by atoms with Crippen LogP contribution in [0, 0.1) is 0 Å². The third-order valence-corrected chi connectivity index (χ3v) is 2.37. The van der Waals surface area contributed by atoms with Gasteiger partial charge in [0.15, 0.2) is 0 Å². The summed E-state index contributed by atoms with van der Waals surface area (Å²) in [6.45, 7) is 2.10. The molecule has 2 heteroatoms. The zero-order chi connectivity index (χ0) is 11.2. The summed E-state index contributed by atoms with van der Waals surface area (Å²) in [7, 11) is 0. The van der Waals surface area contributed by atoms with E-state index in [9.17, 15) is 0 Å². The standard InChI is InChI=1S/C14H15NO/c1-12(10-13-6-3-2-4-7-13)15-11-14-8-5-9-16-14/h2-9,11-12H,10H2,1H3/t12-/m1/s1. The van der Waals surface area contributed by atoms with E-state index in [1.165, 1.54) is 5.56 Å². The number of furan rings is 1. The van der Waals surface area contributed by atoms with Crippen LogP contribution in [-0.2, 0) is 6.42 Å². The SMILES string of the molecule is C[C@H](Cc1ccccc1)N=Cc1ccco1. The van der Waals surface area contributed by atoms with Gasteiger partial charge in [0.25, 0.3) is 0 Å². The van der Waals surface area contributed by atoms with Gasteiger partial charge in [0.05, 0.1) is 18.5 Å². The van der Waals surface area contributed by atoms with Crippen molar-refractivity contribution in [2.24, 2.45) is 4.99 Å². The molecule has 16 heavy (non-hydrogen) atoms. The van der Waals surface area contributed by atoms with E-state index in [2.05, 4.69) is 36.2 Å². The summed E-state index contributed by atoms with van der Waals surface area (Å²) in [5.74, 6) is 0.805. The van der Waals surface area contributed by atoms with Crippen LogP contribution in [0.2, 0.25) is 0 Å². The molecule has 0 unspecified atom stereocenters. The Hall–Kier alpha value is -1.83. The van der Waals surface area contributed by atoms with E-state index in [-0.39, 0.29) is 6.04 Å². The van der Waals surface area contributed by atoms with Gasteiger partial charge in [-0.25, -0.2) is 0 Å². The Morgan fingerprint density at radius 2 is 2.00 bits per heavy atom. The Labute approximate surface area is 95.6 Å². The van der Waals surface area contributed by atoms with E-state index >= 15 is 0 Å². The molecule has 0 amide bonds. The fourth-order valence-electron chi connectivity index (χ4n) is 1.57. The summed E-state index contributed by atoms with van der Waals surface area (Å²) in [6.07, 6.45) is 4.40. The van der Waals surface area contributed by atoms with Crippen LogP contribution >= 0.6 is 0 Å². The first-order valence-electron chi connectivity index (χ1n) is 5.45. The van der Waals surface area contributed by atoms with Crippen molar-refractivity contribution >= 4 is 6.21 Å².